The van der Waals surface area contributed by atoms with Crippen molar-refractivity contribution >= 4 is 62.5 Å². The summed E-state index contributed by atoms with van der Waals surface area (Å²) in [4.78, 5) is 26.7. The third-order valence-electron chi connectivity index (χ3n) is 2.36. The van der Waals surface area contributed by atoms with Gasteiger partial charge in [-0.2, -0.15) is 0 Å². The zero-order chi connectivity index (χ0) is 15.4. The van der Waals surface area contributed by atoms with Gasteiger partial charge < -0.3 is 5.32 Å². The van der Waals surface area contributed by atoms with Crippen LogP contribution in [0.2, 0.25) is 10.0 Å². The molecule has 8 heteroatoms. The number of hydrogen-bond acceptors (Lipinski definition) is 5. The maximum absolute atomic E-state index is 11.6. The maximum Gasteiger partial charge on any atom is 0.236 e. The van der Waals surface area contributed by atoms with E-state index in [2.05, 4.69) is 10.3 Å². The molecule has 0 aliphatic rings. The minimum absolute atomic E-state index is 0.0716. The van der Waals surface area contributed by atoms with E-state index in [1.54, 1.807) is 23.6 Å². The quantitative estimate of drug-likeness (QED) is 0.880. The highest BCUT2D eigenvalue weighted by molar-refractivity contribution is 8.14. The second-order valence-electron chi connectivity index (χ2n) is 3.99. The van der Waals surface area contributed by atoms with E-state index in [0.717, 1.165) is 11.8 Å². The second-order valence-corrected chi connectivity index (χ2v) is 6.84. The molecule has 0 unspecified atom stereocenters. The van der Waals surface area contributed by atoms with Gasteiger partial charge in [-0.25, -0.2) is 4.98 Å². The Bertz CT molecular complexity index is 689. The molecule has 2 aromatic rings. The zero-order valence-corrected chi connectivity index (χ0v) is 14.0. The average molecular weight is 361 g/mol. The Kier molecular flexibility index (Phi) is 5.64. The Hall–Kier alpha value is -1.08. The smallest absolute Gasteiger partial charge is 0.236 e. The normalized spacial score (nSPS) is 10.4. The van der Waals surface area contributed by atoms with Gasteiger partial charge in [0.05, 0.1) is 16.5 Å². The van der Waals surface area contributed by atoms with Crippen molar-refractivity contribution in [1.29, 1.82) is 0 Å². The lowest BCUT2D eigenvalue weighted by Crippen LogP contribution is -2.14. The number of thioether (sulfide) groups is 1. The molecule has 0 aliphatic heterocycles. The van der Waals surface area contributed by atoms with Crippen LogP contribution < -0.4 is 5.32 Å². The minimum Gasteiger partial charge on any atom is -0.301 e. The molecule has 0 bridgehead atoms. The van der Waals surface area contributed by atoms with E-state index in [-0.39, 0.29) is 16.8 Å². The summed E-state index contributed by atoms with van der Waals surface area (Å²) < 4.78 is 0. The summed E-state index contributed by atoms with van der Waals surface area (Å²) in [6.45, 7) is 1.42. The third-order valence-corrected chi connectivity index (χ3v) is 4.50. The van der Waals surface area contributed by atoms with E-state index in [1.165, 1.54) is 18.3 Å². The van der Waals surface area contributed by atoms with Crippen LogP contribution in [0.3, 0.4) is 0 Å². The van der Waals surface area contributed by atoms with Crippen LogP contribution in [0.25, 0.3) is 11.3 Å². The Balaban J connectivity index is 2.09. The van der Waals surface area contributed by atoms with Crippen molar-refractivity contribution < 1.29 is 9.59 Å². The first-order valence-electron chi connectivity index (χ1n) is 5.80. The Labute approximate surface area is 139 Å². The van der Waals surface area contributed by atoms with Crippen molar-refractivity contribution in [1.82, 2.24) is 4.98 Å². The molecule has 0 radical (unpaired) electrons. The molecule has 0 atom stereocenters. The molecule has 21 heavy (non-hydrogen) atoms. The van der Waals surface area contributed by atoms with Crippen LogP contribution in [0.5, 0.6) is 0 Å². The summed E-state index contributed by atoms with van der Waals surface area (Å²) in [5.74, 6) is -0.199. The lowest BCUT2D eigenvalue weighted by atomic mass is 10.2. The topological polar surface area (TPSA) is 59.1 Å². The van der Waals surface area contributed by atoms with E-state index in [4.69, 9.17) is 23.2 Å². The highest BCUT2D eigenvalue weighted by Crippen LogP contribution is 2.32. The molecule has 4 nitrogen and oxygen atoms in total. The molecule has 0 saturated heterocycles. The van der Waals surface area contributed by atoms with Crippen molar-refractivity contribution in [3.63, 3.8) is 0 Å². The number of rotatable bonds is 4. The summed E-state index contributed by atoms with van der Waals surface area (Å²) in [6, 6.07) is 5.11. The predicted octanol–water partition coefficient (Wildman–Crippen LogP) is 4.34. The summed E-state index contributed by atoms with van der Waals surface area (Å²) in [5, 5.41) is 5.87. The fourth-order valence-electron chi connectivity index (χ4n) is 1.47. The molecular formula is C13H10Cl2N2O2S2. The molecule has 0 saturated carbocycles. The van der Waals surface area contributed by atoms with Crippen LogP contribution in [-0.2, 0) is 9.59 Å². The van der Waals surface area contributed by atoms with Crippen molar-refractivity contribution in [2.24, 2.45) is 0 Å². The van der Waals surface area contributed by atoms with Crippen LogP contribution in [-0.4, -0.2) is 21.8 Å². The molecule has 2 rings (SSSR count). The summed E-state index contributed by atoms with van der Waals surface area (Å²) in [7, 11) is 0. The average Bonchev–Trinajstić information content (AvgIpc) is 2.87. The SMILES string of the molecule is CC(=O)SCC(=O)Nc1nc(-c2cc(Cl)ccc2Cl)cs1. The van der Waals surface area contributed by atoms with Crippen molar-refractivity contribution in [2.45, 2.75) is 6.92 Å². The second kappa shape index (κ2) is 7.26. The van der Waals surface area contributed by atoms with Gasteiger partial charge in [0.25, 0.3) is 0 Å². The molecule has 1 heterocycles. The zero-order valence-electron chi connectivity index (χ0n) is 10.9. The van der Waals surface area contributed by atoms with Gasteiger partial charge in [0, 0.05) is 22.9 Å². The number of benzene rings is 1. The molecule has 0 aliphatic carbocycles. The fourth-order valence-corrected chi connectivity index (χ4v) is 2.99. The lowest BCUT2D eigenvalue weighted by Gasteiger charge is -2.01. The number of halogens is 2. The predicted molar refractivity (Wildman–Crippen MR) is 89.3 cm³/mol. The first-order valence-corrected chi connectivity index (χ1v) is 8.42. The van der Waals surface area contributed by atoms with Crippen molar-refractivity contribution in [3.8, 4) is 11.3 Å². The maximum atomic E-state index is 11.6. The molecule has 1 N–H and O–H groups in total. The molecule has 110 valence electrons. The Morgan fingerprint density at radius 1 is 1.38 bits per heavy atom. The van der Waals surface area contributed by atoms with Crippen molar-refractivity contribution in [3.05, 3.63) is 33.6 Å². The van der Waals surface area contributed by atoms with E-state index >= 15 is 0 Å². The number of thiazole rings is 1. The first-order chi connectivity index (χ1) is 9.95. The number of hydrogen-bond donors (Lipinski definition) is 1. The Morgan fingerprint density at radius 2 is 2.14 bits per heavy atom. The van der Waals surface area contributed by atoms with Gasteiger partial charge in [-0.3, -0.25) is 9.59 Å². The fraction of sp³-hybridized carbons (Fsp3) is 0.154. The van der Waals surface area contributed by atoms with Gasteiger partial charge in [0.1, 0.15) is 0 Å². The van der Waals surface area contributed by atoms with Gasteiger partial charge in [0.2, 0.25) is 5.91 Å². The van der Waals surface area contributed by atoms with Gasteiger partial charge in [-0.15, -0.1) is 11.3 Å². The summed E-state index contributed by atoms with van der Waals surface area (Å²) in [6.07, 6.45) is 0. The molecular weight excluding hydrogens is 351 g/mol. The van der Waals surface area contributed by atoms with Gasteiger partial charge in [-0.05, 0) is 18.2 Å². The van der Waals surface area contributed by atoms with Crippen LogP contribution >= 0.6 is 46.3 Å². The molecule has 0 fully saturated rings. The number of nitrogens with zero attached hydrogens (tertiary/aromatic N) is 1. The van der Waals surface area contributed by atoms with Crippen LogP contribution in [0.4, 0.5) is 5.13 Å². The number of anilines is 1. The van der Waals surface area contributed by atoms with E-state index in [1.807, 2.05) is 0 Å². The molecule has 1 aromatic carbocycles. The highest BCUT2D eigenvalue weighted by Gasteiger charge is 2.11. The number of amides is 1. The summed E-state index contributed by atoms with van der Waals surface area (Å²) in [5.41, 5.74) is 1.35. The summed E-state index contributed by atoms with van der Waals surface area (Å²) >= 11 is 14.3. The standard InChI is InChI=1S/C13H10Cl2N2O2S2/c1-7(18)20-6-12(19)17-13-16-11(5-21-13)9-4-8(14)2-3-10(9)15/h2-5H,6H2,1H3,(H,16,17,19). The first kappa shape index (κ1) is 16.3. The van der Waals surface area contributed by atoms with Crippen LogP contribution in [0, 0.1) is 0 Å². The number of carbonyl (C=O) groups excluding carboxylic acids is 2. The minimum atomic E-state index is -0.270. The Morgan fingerprint density at radius 3 is 2.86 bits per heavy atom. The van der Waals surface area contributed by atoms with Crippen molar-refractivity contribution in [2.75, 3.05) is 11.1 Å². The van der Waals surface area contributed by atoms with Gasteiger partial charge >= 0.3 is 0 Å². The van der Waals surface area contributed by atoms with Crippen LogP contribution in [0.15, 0.2) is 23.6 Å². The van der Waals surface area contributed by atoms with Gasteiger partial charge in [-0.1, -0.05) is 35.0 Å². The number of aromatic nitrogens is 1. The van der Waals surface area contributed by atoms with Crippen LogP contribution in [0.1, 0.15) is 6.92 Å². The number of nitrogens with one attached hydrogen (secondary N) is 1. The van der Waals surface area contributed by atoms with E-state index in [9.17, 15) is 9.59 Å². The lowest BCUT2D eigenvalue weighted by molar-refractivity contribution is -0.114. The molecule has 1 aromatic heterocycles. The van der Waals surface area contributed by atoms with Gasteiger partial charge in [0.15, 0.2) is 10.2 Å². The third kappa shape index (κ3) is 4.71. The molecule has 1 amide bonds. The van der Waals surface area contributed by atoms with E-state index < -0.39 is 0 Å². The number of carbonyl (C=O) groups is 2. The van der Waals surface area contributed by atoms with E-state index in [0.29, 0.717) is 26.4 Å². The monoisotopic (exact) mass is 360 g/mol. The highest BCUT2D eigenvalue weighted by atomic mass is 35.5. The molecule has 0 spiro atoms. The largest absolute Gasteiger partial charge is 0.301 e.